The van der Waals surface area contributed by atoms with Gasteiger partial charge < -0.3 is 19.3 Å². The Morgan fingerprint density at radius 1 is 0.966 bits per heavy atom. The number of carbonyl (C=O) groups excluding carboxylic acids is 2. The molecule has 7 nitrogen and oxygen atoms in total. The number of fused-ring (bicyclic) bond motifs is 1. The van der Waals surface area contributed by atoms with Crippen molar-refractivity contribution in [3.8, 4) is 11.5 Å². The molecule has 0 spiro atoms. The third kappa shape index (κ3) is 4.19. The average Bonchev–Trinajstić information content (AvgIpc) is 3.23. The minimum Gasteiger partial charge on any atom is -0.454 e. The van der Waals surface area contributed by atoms with Gasteiger partial charge in [0.25, 0.3) is 0 Å². The van der Waals surface area contributed by atoms with E-state index in [1.807, 2.05) is 55.5 Å². The Morgan fingerprint density at radius 3 is 2.41 bits per heavy atom. The molecule has 2 amide bonds. The molecular weight excluding hydrogens is 370 g/mol. The van der Waals surface area contributed by atoms with Gasteiger partial charge in [-0.15, -0.1) is 0 Å². The third-order valence-electron chi connectivity index (χ3n) is 5.31. The van der Waals surface area contributed by atoms with Gasteiger partial charge in [-0.25, -0.2) is 0 Å². The Hall–Kier alpha value is -3.06. The summed E-state index contributed by atoms with van der Waals surface area (Å²) in [5.74, 6) is 0.658. The van der Waals surface area contributed by atoms with E-state index in [1.165, 1.54) is 4.90 Å². The van der Waals surface area contributed by atoms with Gasteiger partial charge in [-0.1, -0.05) is 24.3 Å². The van der Waals surface area contributed by atoms with Crippen molar-refractivity contribution in [3.05, 3.63) is 54.1 Å². The first-order chi connectivity index (χ1) is 14.2. The van der Waals surface area contributed by atoms with E-state index in [0.29, 0.717) is 19.6 Å². The van der Waals surface area contributed by atoms with Gasteiger partial charge in [-0.3, -0.25) is 14.5 Å². The first-order valence-electron chi connectivity index (χ1n) is 9.92. The summed E-state index contributed by atoms with van der Waals surface area (Å²) in [6.45, 7) is 5.92. The van der Waals surface area contributed by atoms with Gasteiger partial charge in [-0.2, -0.15) is 0 Å². The lowest BCUT2D eigenvalue weighted by atomic mass is 10.1. The van der Waals surface area contributed by atoms with Crippen LogP contribution in [0, 0.1) is 0 Å². The zero-order valence-electron chi connectivity index (χ0n) is 16.5. The summed E-state index contributed by atoms with van der Waals surface area (Å²) in [4.78, 5) is 31.0. The number of benzene rings is 2. The van der Waals surface area contributed by atoms with Crippen LogP contribution in [0.5, 0.6) is 11.5 Å². The van der Waals surface area contributed by atoms with Crippen molar-refractivity contribution >= 4 is 17.5 Å². The number of hydrogen-bond donors (Lipinski definition) is 0. The zero-order chi connectivity index (χ0) is 20.2. The molecule has 1 saturated heterocycles. The maximum absolute atomic E-state index is 12.8. The Kier molecular flexibility index (Phi) is 5.67. The molecule has 0 aliphatic carbocycles. The number of para-hydroxylation sites is 1. The monoisotopic (exact) mass is 395 g/mol. The van der Waals surface area contributed by atoms with Gasteiger partial charge in [-0.05, 0) is 36.8 Å². The molecule has 2 aromatic carbocycles. The van der Waals surface area contributed by atoms with Crippen molar-refractivity contribution in [2.75, 3.05) is 44.4 Å². The minimum absolute atomic E-state index is 0.269. The summed E-state index contributed by atoms with van der Waals surface area (Å²) in [5.41, 5.74) is 1.89. The average molecular weight is 395 g/mol. The summed E-state index contributed by atoms with van der Waals surface area (Å²) in [5, 5.41) is 0. The smallest absolute Gasteiger partial charge is 0.316 e. The number of likely N-dealkylation sites (N-methyl/N-ethyl adjacent to an activating group) is 1. The Bertz CT molecular complexity index is 879. The summed E-state index contributed by atoms with van der Waals surface area (Å²) in [7, 11) is 0. The molecule has 29 heavy (non-hydrogen) atoms. The van der Waals surface area contributed by atoms with Gasteiger partial charge in [0.05, 0.1) is 0 Å². The van der Waals surface area contributed by atoms with Crippen LogP contribution in [0.2, 0.25) is 0 Å². The van der Waals surface area contributed by atoms with Crippen LogP contribution < -0.4 is 14.4 Å². The van der Waals surface area contributed by atoms with Gasteiger partial charge in [0.1, 0.15) is 0 Å². The van der Waals surface area contributed by atoms with E-state index < -0.39 is 11.8 Å². The number of amides is 2. The summed E-state index contributed by atoms with van der Waals surface area (Å²) < 4.78 is 10.8. The molecule has 2 aromatic rings. The molecule has 2 aliphatic rings. The SMILES string of the molecule is CCN(C(=O)C(=O)N1CCN(Cc2ccc3c(c2)OCO3)CC1)c1ccccc1. The molecular formula is C22H25N3O4. The van der Waals surface area contributed by atoms with Crippen LogP contribution in [-0.2, 0) is 16.1 Å². The highest BCUT2D eigenvalue weighted by Gasteiger charge is 2.29. The number of hydrogen-bond acceptors (Lipinski definition) is 5. The molecule has 0 bridgehead atoms. The highest BCUT2D eigenvalue weighted by molar-refractivity contribution is 6.40. The Morgan fingerprint density at radius 2 is 1.69 bits per heavy atom. The molecule has 7 heteroatoms. The zero-order valence-corrected chi connectivity index (χ0v) is 16.5. The van der Waals surface area contributed by atoms with Crippen LogP contribution in [0.1, 0.15) is 12.5 Å². The number of anilines is 1. The lowest BCUT2D eigenvalue weighted by Gasteiger charge is -2.35. The normalized spacial score (nSPS) is 16.0. The van der Waals surface area contributed by atoms with Crippen molar-refractivity contribution in [2.45, 2.75) is 13.5 Å². The number of piperazine rings is 1. The van der Waals surface area contributed by atoms with Gasteiger partial charge in [0, 0.05) is 45.0 Å². The van der Waals surface area contributed by atoms with Crippen molar-refractivity contribution in [2.24, 2.45) is 0 Å². The molecule has 2 heterocycles. The molecule has 0 atom stereocenters. The van der Waals surface area contributed by atoms with Crippen LogP contribution in [0.25, 0.3) is 0 Å². The van der Waals surface area contributed by atoms with Crippen molar-refractivity contribution in [3.63, 3.8) is 0 Å². The number of carbonyl (C=O) groups is 2. The molecule has 0 unspecified atom stereocenters. The third-order valence-corrected chi connectivity index (χ3v) is 5.31. The fourth-order valence-electron chi connectivity index (χ4n) is 3.71. The van der Waals surface area contributed by atoms with E-state index in [0.717, 1.165) is 42.4 Å². The van der Waals surface area contributed by atoms with E-state index in [1.54, 1.807) is 4.90 Å². The van der Waals surface area contributed by atoms with E-state index >= 15 is 0 Å². The van der Waals surface area contributed by atoms with Gasteiger partial charge in [0.15, 0.2) is 11.5 Å². The van der Waals surface area contributed by atoms with Crippen molar-refractivity contribution < 1.29 is 19.1 Å². The molecule has 0 N–H and O–H groups in total. The highest BCUT2D eigenvalue weighted by atomic mass is 16.7. The predicted molar refractivity (Wildman–Crippen MR) is 109 cm³/mol. The molecule has 152 valence electrons. The first-order valence-corrected chi connectivity index (χ1v) is 9.92. The maximum atomic E-state index is 12.8. The number of ether oxygens (including phenoxy) is 2. The van der Waals surface area contributed by atoms with E-state index in [4.69, 9.17) is 9.47 Å². The number of nitrogens with zero attached hydrogens (tertiary/aromatic N) is 3. The predicted octanol–water partition coefficient (Wildman–Crippen LogP) is 2.11. The van der Waals surface area contributed by atoms with Crippen molar-refractivity contribution in [1.82, 2.24) is 9.80 Å². The maximum Gasteiger partial charge on any atom is 0.316 e. The first kappa shape index (κ1) is 19.3. The largest absolute Gasteiger partial charge is 0.454 e. The Labute approximate surface area is 170 Å². The molecule has 2 aliphatic heterocycles. The van der Waals surface area contributed by atoms with Crippen LogP contribution in [0.4, 0.5) is 5.69 Å². The molecule has 0 aromatic heterocycles. The topological polar surface area (TPSA) is 62.3 Å². The summed E-state index contributed by atoms with van der Waals surface area (Å²) in [6, 6.07) is 15.3. The summed E-state index contributed by atoms with van der Waals surface area (Å²) >= 11 is 0. The minimum atomic E-state index is -0.470. The molecule has 1 fully saturated rings. The van der Waals surface area contributed by atoms with Crippen LogP contribution in [0.15, 0.2) is 48.5 Å². The van der Waals surface area contributed by atoms with Crippen molar-refractivity contribution in [1.29, 1.82) is 0 Å². The highest BCUT2D eigenvalue weighted by Crippen LogP contribution is 2.32. The van der Waals surface area contributed by atoms with E-state index in [2.05, 4.69) is 4.90 Å². The van der Waals surface area contributed by atoms with Crippen LogP contribution in [-0.4, -0.2) is 61.1 Å². The molecule has 4 rings (SSSR count). The van der Waals surface area contributed by atoms with Crippen LogP contribution >= 0.6 is 0 Å². The Balaban J connectivity index is 1.33. The fourth-order valence-corrected chi connectivity index (χ4v) is 3.71. The second kappa shape index (κ2) is 8.53. The second-order valence-electron chi connectivity index (χ2n) is 7.14. The fraction of sp³-hybridized carbons (Fsp3) is 0.364. The van der Waals surface area contributed by atoms with E-state index in [9.17, 15) is 9.59 Å². The van der Waals surface area contributed by atoms with Gasteiger partial charge >= 0.3 is 11.8 Å². The summed E-state index contributed by atoms with van der Waals surface area (Å²) in [6.07, 6.45) is 0. The molecule has 0 radical (unpaired) electrons. The lowest BCUT2D eigenvalue weighted by molar-refractivity contribution is -0.145. The quantitative estimate of drug-likeness (QED) is 0.742. The van der Waals surface area contributed by atoms with Gasteiger partial charge in [0.2, 0.25) is 6.79 Å². The number of rotatable bonds is 4. The molecule has 0 saturated carbocycles. The lowest BCUT2D eigenvalue weighted by Crippen LogP contribution is -2.53. The van der Waals surface area contributed by atoms with E-state index in [-0.39, 0.29) is 6.79 Å². The van der Waals surface area contributed by atoms with Crippen LogP contribution in [0.3, 0.4) is 0 Å². The standard InChI is InChI=1S/C22H25N3O4/c1-2-25(18-6-4-3-5-7-18)22(27)21(26)24-12-10-23(11-13-24)15-17-8-9-19-20(14-17)29-16-28-19/h3-9,14H,2,10-13,15-16H2,1H3. The second-order valence-corrected chi connectivity index (χ2v) is 7.14.